The molecule has 0 spiro atoms. The SMILES string of the molecule is CCc1ccc(-c2ccc3c(c2)CNC3)cc1. The monoisotopic (exact) mass is 223 g/mol. The summed E-state index contributed by atoms with van der Waals surface area (Å²) in [6.07, 6.45) is 1.11. The van der Waals surface area contributed by atoms with E-state index in [4.69, 9.17) is 0 Å². The van der Waals surface area contributed by atoms with E-state index in [1.54, 1.807) is 0 Å². The fourth-order valence-corrected chi connectivity index (χ4v) is 2.41. The summed E-state index contributed by atoms with van der Waals surface area (Å²) in [5.74, 6) is 0. The summed E-state index contributed by atoms with van der Waals surface area (Å²) < 4.78 is 0. The number of hydrogen-bond acceptors (Lipinski definition) is 1. The maximum absolute atomic E-state index is 3.38. The number of nitrogens with one attached hydrogen (secondary N) is 1. The second-order valence-corrected chi connectivity index (χ2v) is 4.64. The maximum atomic E-state index is 3.38. The molecule has 0 radical (unpaired) electrons. The highest BCUT2D eigenvalue weighted by molar-refractivity contribution is 5.65. The molecule has 1 aliphatic heterocycles. The summed E-state index contributed by atoms with van der Waals surface area (Å²) in [5, 5.41) is 3.38. The third-order valence-electron chi connectivity index (χ3n) is 3.53. The second-order valence-electron chi connectivity index (χ2n) is 4.64. The normalized spacial score (nSPS) is 13.7. The van der Waals surface area contributed by atoms with Gasteiger partial charge in [-0.2, -0.15) is 0 Å². The average molecular weight is 223 g/mol. The lowest BCUT2D eigenvalue weighted by Gasteiger charge is -2.05. The van der Waals surface area contributed by atoms with Crippen molar-refractivity contribution in [1.82, 2.24) is 5.32 Å². The van der Waals surface area contributed by atoms with Crippen LogP contribution in [0.4, 0.5) is 0 Å². The minimum Gasteiger partial charge on any atom is -0.309 e. The minimum atomic E-state index is 1.01. The first-order chi connectivity index (χ1) is 8.36. The van der Waals surface area contributed by atoms with Gasteiger partial charge in [-0.05, 0) is 40.3 Å². The summed E-state index contributed by atoms with van der Waals surface area (Å²) in [6.45, 7) is 4.22. The van der Waals surface area contributed by atoms with Crippen LogP contribution < -0.4 is 5.32 Å². The van der Waals surface area contributed by atoms with E-state index < -0.39 is 0 Å². The van der Waals surface area contributed by atoms with Crippen LogP contribution in [0.25, 0.3) is 11.1 Å². The number of hydrogen-bond donors (Lipinski definition) is 1. The molecule has 0 saturated carbocycles. The van der Waals surface area contributed by atoms with Crippen LogP contribution in [0.15, 0.2) is 42.5 Å². The Hall–Kier alpha value is -1.60. The summed E-state index contributed by atoms with van der Waals surface area (Å²) in [4.78, 5) is 0. The van der Waals surface area contributed by atoms with Gasteiger partial charge < -0.3 is 5.32 Å². The fourth-order valence-electron chi connectivity index (χ4n) is 2.41. The molecule has 3 rings (SSSR count). The zero-order chi connectivity index (χ0) is 11.7. The van der Waals surface area contributed by atoms with Crippen LogP contribution >= 0.6 is 0 Å². The van der Waals surface area contributed by atoms with Crippen LogP contribution in [0.1, 0.15) is 23.6 Å². The molecule has 1 heteroatoms. The Balaban J connectivity index is 1.97. The van der Waals surface area contributed by atoms with E-state index in [9.17, 15) is 0 Å². The van der Waals surface area contributed by atoms with Crippen molar-refractivity contribution >= 4 is 0 Å². The van der Waals surface area contributed by atoms with E-state index in [1.165, 1.54) is 27.8 Å². The van der Waals surface area contributed by atoms with Crippen molar-refractivity contribution in [2.24, 2.45) is 0 Å². The molecule has 2 aromatic rings. The van der Waals surface area contributed by atoms with Gasteiger partial charge in [-0.25, -0.2) is 0 Å². The van der Waals surface area contributed by atoms with Crippen molar-refractivity contribution in [3.63, 3.8) is 0 Å². The van der Waals surface area contributed by atoms with Crippen LogP contribution in [0.3, 0.4) is 0 Å². The first-order valence-electron chi connectivity index (χ1n) is 6.28. The molecule has 1 N–H and O–H groups in total. The molecule has 0 unspecified atom stereocenters. The van der Waals surface area contributed by atoms with Crippen molar-refractivity contribution in [3.05, 3.63) is 59.2 Å². The number of aryl methyl sites for hydroxylation is 1. The molecule has 86 valence electrons. The molecule has 0 saturated heterocycles. The first-order valence-corrected chi connectivity index (χ1v) is 6.28. The molecule has 0 aliphatic carbocycles. The Kier molecular flexibility index (Phi) is 2.69. The molecule has 0 aromatic heterocycles. The third kappa shape index (κ3) is 1.98. The van der Waals surface area contributed by atoms with Crippen LogP contribution in [-0.2, 0) is 19.5 Å². The molecular formula is C16H17N. The predicted octanol–water partition coefficient (Wildman–Crippen LogP) is 3.52. The van der Waals surface area contributed by atoms with Gasteiger partial charge in [0, 0.05) is 13.1 Å². The van der Waals surface area contributed by atoms with E-state index in [1.807, 2.05) is 0 Å². The Labute approximate surface area is 102 Å². The molecule has 0 amide bonds. The van der Waals surface area contributed by atoms with E-state index in [2.05, 4.69) is 54.7 Å². The van der Waals surface area contributed by atoms with Crippen molar-refractivity contribution in [1.29, 1.82) is 0 Å². The zero-order valence-electron chi connectivity index (χ0n) is 10.2. The summed E-state index contributed by atoms with van der Waals surface area (Å²) in [6, 6.07) is 15.7. The van der Waals surface area contributed by atoms with Gasteiger partial charge in [0.25, 0.3) is 0 Å². The molecular weight excluding hydrogens is 206 g/mol. The highest BCUT2D eigenvalue weighted by Gasteiger charge is 2.10. The number of fused-ring (bicyclic) bond motifs is 1. The average Bonchev–Trinajstić information content (AvgIpc) is 2.86. The van der Waals surface area contributed by atoms with E-state index in [0.29, 0.717) is 0 Å². The highest BCUT2D eigenvalue weighted by Crippen LogP contribution is 2.25. The van der Waals surface area contributed by atoms with Gasteiger partial charge in [0.1, 0.15) is 0 Å². The van der Waals surface area contributed by atoms with Crippen molar-refractivity contribution in [3.8, 4) is 11.1 Å². The lowest BCUT2D eigenvalue weighted by atomic mass is 9.99. The lowest BCUT2D eigenvalue weighted by Crippen LogP contribution is -1.99. The van der Waals surface area contributed by atoms with Gasteiger partial charge >= 0.3 is 0 Å². The summed E-state index contributed by atoms with van der Waals surface area (Å²) in [7, 11) is 0. The Morgan fingerprint density at radius 3 is 2.35 bits per heavy atom. The van der Waals surface area contributed by atoms with E-state index in [-0.39, 0.29) is 0 Å². The van der Waals surface area contributed by atoms with Gasteiger partial charge in [0.15, 0.2) is 0 Å². The Bertz CT molecular complexity index is 526. The predicted molar refractivity (Wildman–Crippen MR) is 71.8 cm³/mol. The number of rotatable bonds is 2. The third-order valence-corrected chi connectivity index (χ3v) is 3.53. The molecule has 17 heavy (non-hydrogen) atoms. The standard InChI is InChI=1S/C16H17N/c1-2-12-3-5-13(6-4-12)14-7-8-15-10-17-11-16(15)9-14/h3-9,17H,2,10-11H2,1H3. The topological polar surface area (TPSA) is 12.0 Å². The van der Waals surface area contributed by atoms with Crippen LogP contribution in [0.5, 0.6) is 0 Å². The van der Waals surface area contributed by atoms with Crippen LogP contribution in [0.2, 0.25) is 0 Å². The largest absolute Gasteiger partial charge is 0.309 e. The summed E-state index contributed by atoms with van der Waals surface area (Å²) >= 11 is 0. The summed E-state index contributed by atoms with van der Waals surface area (Å²) in [5.41, 5.74) is 6.93. The van der Waals surface area contributed by atoms with Crippen molar-refractivity contribution < 1.29 is 0 Å². The van der Waals surface area contributed by atoms with Gasteiger partial charge in [-0.15, -0.1) is 0 Å². The molecule has 0 atom stereocenters. The van der Waals surface area contributed by atoms with Gasteiger partial charge in [0.05, 0.1) is 0 Å². The van der Waals surface area contributed by atoms with Gasteiger partial charge in [0.2, 0.25) is 0 Å². The van der Waals surface area contributed by atoms with E-state index >= 15 is 0 Å². The van der Waals surface area contributed by atoms with E-state index in [0.717, 1.165) is 19.5 Å². The molecule has 1 aliphatic rings. The van der Waals surface area contributed by atoms with Crippen molar-refractivity contribution in [2.45, 2.75) is 26.4 Å². The van der Waals surface area contributed by atoms with Crippen LogP contribution in [-0.4, -0.2) is 0 Å². The molecule has 1 heterocycles. The second kappa shape index (κ2) is 4.34. The fraction of sp³-hybridized carbons (Fsp3) is 0.250. The van der Waals surface area contributed by atoms with Crippen molar-refractivity contribution in [2.75, 3.05) is 0 Å². The molecule has 0 bridgehead atoms. The first kappa shape index (κ1) is 10.5. The maximum Gasteiger partial charge on any atom is 0.0212 e. The van der Waals surface area contributed by atoms with Gasteiger partial charge in [-0.3, -0.25) is 0 Å². The van der Waals surface area contributed by atoms with Gasteiger partial charge in [-0.1, -0.05) is 43.3 Å². The molecule has 1 nitrogen and oxygen atoms in total. The minimum absolute atomic E-state index is 1.01. The Morgan fingerprint density at radius 1 is 0.882 bits per heavy atom. The molecule has 2 aromatic carbocycles. The zero-order valence-corrected chi connectivity index (χ0v) is 10.2. The lowest BCUT2D eigenvalue weighted by molar-refractivity contribution is 0.765. The quantitative estimate of drug-likeness (QED) is 0.821. The Morgan fingerprint density at radius 2 is 1.59 bits per heavy atom. The highest BCUT2D eigenvalue weighted by atomic mass is 14.9. The van der Waals surface area contributed by atoms with Crippen LogP contribution in [0, 0.1) is 0 Å². The molecule has 0 fully saturated rings. The smallest absolute Gasteiger partial charge is 0.0212 e. The number of benzene rings is 2.